The van der Waals surface area contributed by atoms with Gasteiger partial charge >= 0.3 is 0 Å². The van der Waals surface area contributed by atoms with Gasteiger partial charge in [0.1, 0.15) is 5.82 Å². The van der Waals surface area contributed by atoms with Crippen LogP contribution >= 0.6 is 0 Å². The molecular weight excluding hydrogens is 781 g/mol. The summed E-state index contributed by atoms with van der Waals surface area (Å²) >= 11 is 0. The summed E-state index contributed by atoms with van der Waals surface area (Å²) in [5, 5.41) is 3.85. The SMILES string of the molecule is CC1c2cc3c4c(n(-c5ccc[nH]5)c3cc2-c2cc3c(cc2C1C)c1cc(-c2ccc(-c5ccccn5)cc2)ccc1n3-c1cc[nH]c1)CCC(c1ccc(-c2ccccn2)cc1)=C4. The Bertz CT molecular complexity index is 3590. The molecule has 2 N–H and O–H groups in total. The van der Waals surface area contributed by atoms with Crippen LogP contribution in [-0.4, -0.2) is 29.1 Å². The van der Waals surface area contributed by atoms with Gasteiger partial charge in [-0.15, -0.1) is 0 Å². The lowest BCUT2D eigenvalue weighted by Gasteiger charge is -2.32. The van der Waals surface area contributed by atoms with Crippen LogP contribution < -0.4 is 0 Å². The monoisotopic (exact) mass is 824 g/mol. The molecule has 0 saturated carbocycles. The summed E-state index contributed by atoms with van der Waals surface area (Å²) in [6.45, 7) is 4.85. The summed E-state index contributed by atoms with van der Waals surface area (Å²) in [5.74, 6) is 1.75. The summed E-state index contributed by atoms with van der Waals surface area (Å²) in [7, 11) is 0. The van der Waals surface area contributed by atoms with Gasteiger partial charge in [-0.3, -0.25) is 14.5 Å². The fourth-order valence-corrected chi connectivity index (χ4v) is 10.8. The van der Waals surface area contributed by atoms with Crippen molar-refractivity contribution in [3.8, 4) is 56.3 Å². The van der Waals surface area contributed by atoms with E-state index in [-0.39, 0.29) is 0 Å². The van der Waals surface area contributed by atoms with Gasteiger partial charge in [-0.2, -0.15) is 0 Å². The standard InChI is InChI=1S/C58H44N6/c1-35-36(2)45-31-51-49-29-42(38-13-17-40(18-14-38)53-9-4-6-25-61-53)20-22-55(49)64(58-10-7-26-62-58)57(51)33-47(45)46-32-56-50(30-44(35)46)48-28-41(19-21-54(48)63(56)43-23-27-59-34-43)37-11-15-39(16-12-37)52-8-3-5-24-60-52/h3-19,21,23-36,59,62H,20,22H2,1-2H3. The van der Waals surface area contributed by atoms with Gasteiger partial charge in [0.05, 0.1) is 33.6 Å². The Kier molecular flexibility index (Phi) is 8.19. The van der Waals surface area contributed by atoms with E-state index < -0.39 is 0 Å². The summed E-state index contributed by atoms with van der Waals surface area (Å²) in [6, 6.07) is 53.4. The molecule has 2 atom stereocenters. The van der Waals surface area contributed by atoms with E-state index in [4.69, 9.17) is 0 Å². The van der Waals surface area contributed by atoms with Crippen LogP contribution in [-0.2, 0) is 6.42 Å². The number of hydrogen-bond donors (Lipinski definition) is 2. The third kappa shape index (κ3) is 5.65. The van der Waals surface area contributed by atoms with Crippen LogP contribution in [0.1, 0.15) is 60.1 Å². The number of pyridine rings is 2. The molecule has 306 valence electrons. The van der Waals surface area contributed by atoms with Gasteiger partial charge in [0.25, 0.3) is 0 Å². The second-order valence-electron chi connectivity index (χ2n) is 17.6. The first-order valence-electron chi connectivity index (χ1n) is 22.4. The van der Waals surface area contributed by atoms with E-state index >= 15 is 0 Å². The molecule has 0 aliphatic heterocycles. The molecule has 64 heavy (non-hydrogen) atoms. The van der Waals surface area contributed by atoms with E-state index in [1.54, 1.807) is 0 Å². The van der Waals surface area contributed by atoms with Crippen molar-refractivity contribution >= 4 is 44.4 Å². The zero-order chi connectivity index (χ0) is 42.5. The Morgan fingerprint density at radius 2 is 1.14 bits per heavy atom. The van der Waals surface area contributed by atoms with Crippen LogP contribution in [0, 0.1) is 0 Å². The quantitative estimate of drug-likeness (QED) is 0.175. The lowest BCUT2D eigenvalue weighted by atomic mass is 9.72. The number of benzene rings is 5. The maximum Gasteiger partial charge on any atom is 0.114 e. The number of rotatable bonds is 6. The molecule has 2 unspecified atom stereocenters. The lowest BCUT2D eigenvalue weighted by Crippen LogP contribution is -2.13. The van der Waals surface area contributed by atoms with Crippen molar-refractivity contribution in [2.24, 2.45) is 0 Å². The van der Waals surface area contributed by atoms with Crippen molar-refractivity contribution in [2.75, 3.05) is 0 Å². The minimum atomic E-state index is 0.322. The van der Waals surface area contributed by atoms with Crippen LogP contribution in [0.15, 0.2) is 177 Å². The minimum absolute atomic E-state index is 0.322. The van der Waals surface area contributed by atoms with E-state index in [1.807, 2.05) is 49.1 Å². The van der Waals surface area contributed by atoms with Crippen LogP contribution in [0.5, 0.6) is 0 Å². The zero-order valence-corrected chi connectivity index (χ0v) is 35.7. The molecule has 6 nitrogen and oxygen atoms in total. The molecule has 6 heteroatoms. The maximum atomic E-state index is 4.58. The summed E-state index contributed by atoms with van der Waals surface area (Å²) in [4.78, 5) is 16.1. The predicted molar refractivity (Wildman–Crippen MR) is 263 cm³/mol. The molecule has 0 fully saturated rings. The molecule has 13 rings (SSSR count). The third-order valence-corrected chi connectivity index (χ3v) is 14.2. The smallest absolute Gasteiger partial charge is 0.114 e. The predicted octanol–water partition coefficient (Wildman–Crippen LogP) is 14.5. The number of nitrogens with one attached hydrogen (secondary N) is 2. The number of allylic oxidation sites excluding steroid dienone is 1. The molecule has 0 spiro atoms. The highest BCUT2D eigenvalue weighted by atomic mass is 15.1. The topological polar surface area (TPSA) is 67.2 Å². The Morgan fingerprint density at radius 3 is 1.77 bits per heavy atom. The van der Waals surface area contributed by atoms with E-state index in [1.165, 1.54) is 88.5 Å². The highest BCUT2D eigenvalue weighted by Gasteiger charge is 2.32. The number of aromatic amines is 2. The molecule has 11 aromatic rings. The number of aromatic nitrogens is 6. The Morgan fingerprint density at radius 1 is 0.516 bits per heavy atom. The first-order valence-corrected chi connectivity index (χ1v) is 22.4. The summed E-state index contributed by atoms with van der Waals surface area (Å²) in [6.07, 6.45) is 14.3. The first-order chi connectivity index (χ1) is 31.6. The highest BCUT2D eigenvalue weighted by Crippen LogP contribution is 2.52. The summed E-state index contributed by atoms with van der Waals surface area (Å²) < 4.78 is 4.93. The van der Waals surface area contributed by atoms with Crippen molar-refractivity contribution in [1.29, 1.82) is 0 Å². The lowest BCUT2D eigenvalue weighted by molar-refractivity contribution is 0.617. The van der Waals surface area contributed by atoms with Gasteiger partial charge in [0.2, 0.25) is 0 Å². The molecule has 0 amide bonds. The summed E-state index contributed by atoms with van der Waals surface area (Å²) in [5.41, 5.74) is 22.2. The molecule has 5 aromatic carbocycles. The van der Waals surface area contributed by atoms with Gasteiger partial charge in [-0.05, 0) is 154 Å². The van der Waals surface area contributed by atoms with Crippen molar-refractivity contribution in [1.82, 2.24) is 29.1 Å². The third-order valence-electron chi connectivity index (χ3n) is 14.2. The van der Waals surface area contributed by atoms with E-state index in [2.05, 4.69) is 177 Å². The van der Waals surface area contributed by atoms with E-state index in [0.29, 0.717) is 11.8 Å². The van der Waals surface area contributed by atoms with Crippen LogP contribution in [0.4, 0.5) is 0 Å². The zero-order valence-electron chi connectivity index (χ0n) is 35.7. The van der Waals surface area contributed by atoms with Gasteiger partial charge in [-0.25, -0.2) is 0 Å². The number of fused-ring (bicyclic) bond motifs is 9. The van der Waals surface area contributed by atoms with Crippen molar-refractivity contribution in [3.05, 3.63) is 205 Å². The second kappa shape index (κ2) is 14.3. The van der Waals surface area contributed by atoms with E-state index in [0.717, 1.165) is 46.9 Å². The Labute approximate surface area is 371 Å². The van der Waals surface area contributed by atoms with Gasteiger partial charge in [-0.1, -0.05) is 80.6 Å². The molecule has 0 radical (unpaired) electrons. The molecule has 2 aliphatic carbocycles. The molecule has 6 aromatic heterocycles. The average Bonchev–Trinajstić information content (AvgIpc) is 4.19. The largest absolute Gasteiger partial charge is 0.366 e. The number of hydrogen-bond acceptors (Lipinski definition) is 2. The van der Waals surface area contributed by atoms with Gasteiger partial charge in [0.15, 0.2) is 0 Å². The van der Waals surface area contributed by atoms with E-state index in [9.17, 15) is 0 Å². The van der Waals surface area contributed by atoms with Crippen LogP contribution in [0.3, 0.4) is 0 Å². The maximum absolute atomic E-state index is 4.58. The number of nitrogens with zero attached hydrogens (tertiary/aromatic N) is 4. The fourth-order valence-electron chi connectivity index (χ4n) is 10.8. The molecule has 6 heterocycles. The van der Waals surface area contributed by atoms with Crippen molar-refractivity contribution < 1.29 is 0 Å². The van der Waals surface area contributed by atoms with Gasteiger partial charge in [0, 0.05) is 69.5 Å². The molecular formula is C58H44N6. The van der Waals surface area contributed by atoms with Crippen molar-refractivity contribution in [3.63, 3.8) is 0 Å². The van der Waals surface area contributed by atoms with Crippen molar-refractivity contribution in [2.45, 2.75) is 38.5 Å². The number of H-pyrrole nitrogens is 2. The normalized spacial score (nSPS) is 15.6. The first kappa shape index (κ1) is 36.7. The Balaban J connectivity index is 0.977. The fraction of sp³-hybridized carbons (Fsp3) is 0.103. The minimum Gasteiger partial charge on any atom is -0.366 e. The average molecular weight is 825 g/mol. The highest BCUT2D eigenvalue weighted by molar-refractivity contribution is 6.12. The molecule has 0 bridgehead atoms. The Hall–Kier alpha value is -7.96. The molecule has 2 aliphatic rings. The van der Waals surface area contributed by atoms with Crippen LogP contribution in [0.2, 0.25) is 0 Å². The molecule has 0 saturated heterocycles. The van der Waals surface area contributed by atoms with Gasteiger partial charge < -0.3 is 14.5 Å². The second-order valence-corrected chi connectivity index (χ2v) is 17.6. The van der Waals surface area contributed by atoms with Crippen LogP contribution in [0.25, 0.3) is 101 Å².